The van der Waals surface area contributed by atoms with Gasteiger partial charge >= 0.3 is 0 Å². The van der Waals surface area contributed by atoms with Crippen LogP contribution in [-0.2, 0) is 9.47 Å². The molecule has 0 radical (unpaired) electrons. The lowest BCUT2D eigenvalue weighted by Gasteiger charge is -2.28. The summed E-state index contributed by atoms with van der Waals surface area (Å²) < 4.78 is 10.4. The number of nitrogens with zero attached hydrogens (tertiary/aromatic N) is 3. The predicted octanol–water partition coefficient (Wildman–Crippen LogP) is 1.07. The molecule has 0 unspecified atom stereocenters. The van der Waals surface area contributed by atoms with Crippen molar-refractivity contribution in [3.63, 3.8) is 0 Å². The number of aryl methyl sites for hydroxylation is 1. The second-order valence-corrected chi connectivity index (χ2v) is 4.56. The van der Waals surface area contributed by atoms with Gasteiger partial charge in [-0.25, -0.2) is 4.98 Å². The third kappa shape index (κ3) is 4.33. The minimum absolute atomic E-state index is 0.692. The molecule has 1 saturated heterocycles. The second-order valence-electron chi connectivity index (χ2n) is 4.56. The fourth-order valence-corrected chi connectivity index (χ4v) is 2.00. The van der Waals surface area contributed by atoms with Crippen LogP contribution in [0.3, 0.4) is 0 Å². The Hall–Kier alpha value is -1.40. The highest BCUT2D eigenvalue weighted by molar-refractivity contribution is 5.45. The molecule has 2 heterocycles. The Morgan fingerprint density at radius 3 is 2.89 bits per heavy atom. The van der Waals surface area contributed by atoms with Gasteiger partial charge in [0.2, 0.25) is 5.95 Å². The van der Waals surface area contributed by atoms with Gasteiger partial charge in [-0.2, -0.15) is 4.98 Å². The number of hydrogen-bond acceptors (Lipinski definition) is 6. The maximum absolute atomic E-state index is 5.36. The summed E-state index contributed by atoms with van der Waals surface area (Å²) in [7, 11) is 1.71. The normalized spacial score (nSPS) is 15.6. The van der Waals surface area contributed by atoms with Gasteiger partial charge in [0, 0.05) is 45.1 Å². The first-order valence-corrected chi connectivity index (χ1v) is 6.71. The number of anilines is 2. The summed E-state index contributed by atoms with van der Waals surface area (Å²) in [5.74, 6) is 1.67. The van der Waals surface area contributed by atoms with Gasteiger partial charge in [0.1, 0.15) is 5.82 Å². The van der Waals surface area contributed by atoms with Crippen molar-refractivity contribution in [1.29, 1.82) is 0 Å². The van der Waals surface area contributed by atoms with E-state index in [0.717, 1.165) is 57.4 Å². The van der Waals surface area contributed by atoms with Crippen LogP contribution in [0.4, 0.5) is 11.8 Å². The minimum atomic E-state index is 0.692. The van der Waals surface area contributed by atoms with Crippen LogP contribution in [0.1, 0.15) is 12.1 Å². The molecule has 2 rings (SSSR count). The van der Waals surface area contributed by atoms with Gasteiger partial charge in [-0.3, -0.25) is 0 Å². The van der Waals surface area contributed by atoms with E-state index >= 15 is 0 Å². The molecule has 1 aromatic heterocycles. The molecule has 106 valence electrons. The lowest BCUT2D eigenvalue weighted by Crippen LogP contribution is -2.37. The van der Waals surface area contributed by atoms with E-state index in [1.165, 1.54) is 0 Å². The third-order valence-electron chi connectivity index (χ3n) is 2.98. The van der Waals surface area contributed by atoms with Crippen LogP contribution in [0.25, 0.3) is 0 Å². The van der Waals surface area contributed by atoms with Crippen molar-refractivity contribution in [1.82, 2.24) is 9.97 Å². The van der Waals surface area contributed by atoms with Gasteiger partial charge in [0.15, 0.2) is 0 Å². The zero-order valence-corrected chi connectivity index (χ0v) is 11.7. The molecule has 0 spiro atoms. The molecule has 0 saturated carbocycles. The third-order valence-corrected chi connectivity index (χ3v) is 2.98. The average Bonchev–Trinajstić information content (AvgIpc) is 2.44. The highest BCUT2D eigenvalue weighted by Crippen LogP contribution is 2.16. The molecule has 0 aliphatic carbocycles. The first-order valence-electron chi connectivity index (χ1n) is 6.71. The quantitative estimate of drug-likeness (QED) is 0.777. The lowest BCUT2D eigenvalue weighted by atomic mass is 10.3. The number of aromatic nitrogens is 2. The molecule has 1 aliphatic rings. The molecule has 1 aliphatic heterocycles. The van der Waals surface area contributed by atoms with Crippen LogP contribution in [-0.4, -0.2) is 56.5 Å². The van der Waals surface area contributed by atoms with E-state index in [1.807, 2.05) is 13.0 Å². The van der Waals surface area contributed by atoms with Crippen molar-refractivity contribution < 1.29 is 9.47 Å². The van der Waals surface area contributed by atoms with E-state index < -0.39 is 0 Å². The molecule has 0 bridgehead atoms. The van der Waals surface area contributed by atoms with Gasteiger partial charge in [-0.1, -0.05) is 0 Å². The summed E-state index contributed by atoms with van der Waals surface area (Å²) in [6.45, 7) is 6.86. The van der Waals surface area contributed by atoms with Gasteiger partial charge < -0.3 is 19.7 Å². The van der Waals surface area contributed by atoms with Gasteiger partial charge in [0.05, 0.1) is 13.2 Å². The second kappa shape index (κ2) is 7.25. The summed E-state index contributed by atoms with van der Waals surface area (Å²) >= 11 is 0. The Balaban J connectivity index is 1.97. The Kier molecular flexibility index (Phi) is 5.35. The minimum Gasteiger partial charge on any atom is -0.385 e. The van der Waals surface area contributed by atoms with Crippen LogP contribution < -0.4 is 10.2 Å². The first kappa shape index (κ1) is 14.0. The van der Waals surface area contributed by atoms with E-state index in [1.54, 1.807) is 7.11 Å². The summed E-state index contributed by atoms with van der Waals surface area (Å²) in [6.07, 6.45) is 0.945. The van der Waals surface area contributed by atoms with Gasteiger partial charge in [-0.05, 0) is 13.3 Å². The molecule has 19 heavy (non-hydrogen) atoms. The smallest absolute Gasteiger partial charge is 0.224 e. The predicted molar refractivity (Wildman–Crippen MR) is 74.8 cm³/mol. The number of hydrogen-bond donors (Lipinski definition) is 1. The van der Waals surface area contributed by atoms with Crippen molar-refractivity contribution in [2.75, 3.05) is 56.8 Å². The number of methoxy groups -OCH3 is 1. The molecule has 0 atom stereocenters. The lowest BCUT2D eigenvalue weighted by molar-refractivity contribution is 0.122. The van der Waals surface area contributed by atoms with Gasteiger partial charge in [0.25, 0.3) is 0 Å². The Labute approximate surface area is 114 Å². The highest BCUT2D eigenvalue weighted by Gasteiger charge is 2.13. The highest BCUT2D eigenvalue weighted by atomic mass is 16.5. The topological polar surface area (TPSA) is 59.5 Å². The van der Waals surface area contributed by atoms with Crippen molar-refractivity contribution in [2.24, 2.45) is 0 Å². The van der Waals surface area contributed by atoms with Crippen LogP contribution in [0.2, 0.25) is 0 Å². The summed E-state index contributed by atoms with van der Waals surface area (Å²) in [4.78, 5) is 11.2. The zero-order chi connectivity index (χ0) is 13.5. The molecule has 0 amide bonds. The first-order chi connectivity index (χ1) is 9.29. The molecular formula is C13H22N4O2. The molecule has 1 fully saturated rings. The fourth-order valence-electron chi connectivity index (χ4n) is 2.00. The van der Waals surface area contributed by atoms with E-state index in [2.05, 4.69) is 20.2 Å². The molecule has 6 heteroatoms. The summed E-state index contributed by atoms with van der Waals surface area (Å²) in [5, 5.41) is 3.24. The van der Waals surface area contributed by atoms with Crippen molar-refractivity contribution in [2.45, 2.75) is 13.3 Å². The molecule has 0 aromatic carbocycles. The largest absolute Gasteiger partial charge is 0.385 e. The number of morpholine rings is 1. The Bertz CT molecular complexity index is 394. The van der Waals surface area contributed by atoms with E-state index in [4.69, 9.17) is 9.47 Å². The summed E-state index contributed by atoms with van der Waals surface area (Å²) in [6, 6.07) is 2.02. The van der Waals surface area contributed by atoms with E-state index in [0.29, 0.717) is 5.95 Å². The van der Waals surface area contributed by atoms with Crippen LogP contribution in [0.15, 0.2) is 6.07 Å². The standard InChI is InChI=1S/C13H22N4O2/c1-11-10-12(17-5-8-19-9-6-17)16-13(15-11)14-4-3-7-18-2/h10H,3-9H2,1-2H3,(H,14,15,16). The number of nitrogens with one attached hydrogen (secondary N) is 1. The number of rotatable bonds is 6. The molecular weight excluding hydrogens is 244 g/mol. The van der Waals surface area contributed by atoms with Crippen molar-refractivity contribution >= 4 is 11.8 Å². The van der Waals surface area contributed by atoms with Gasteiger partial charge in [-0.15, -0.1) is 0 Å². The zero-order valence-electron chi connectivity index (χ0n) is 11.7. The van der Waals surface area contributed by atoms with Crippen LogP contribution in [0, 0.1) is 6.92 Å². The number of ether oxygens (including phenoxy) is 2. The fraction of sp³-hybridized carbons (Fsp3) is 0.692. The monoisotopic (exact) mass is 266 g/mol. The van der Waals surface area contributed by atoms with Crippen molar-refractivity contribution in [3.05, 3.63) is 11.8 Å². The van der Waals surface area contributed by atoms with Crippen molar-refractivity contribution in [3.8, 4) is 0 Å². The molecule has 1 N–H and O–H groups in total. The molecule has 6 nitrogen and oxygen atoms in total. The maximum atomic E-state index is 5.36. The molecule has 1 aromatic rings. The maximum Gasteiger partial charge on any atom is 0.224 e. The van der Waals surface area contributed by atoms with E-state index in [-0.39, 0.29) is 0 Å². The van der Waals surface area contributed by atoms with Crippen LogP contribution >= 0.6 is 0 Å². The Morgan fingerprint density at radius 2 is 2.16 bits per heavy atom. The average molecular weight is 266 g/mol. The summed E-state index contributed by atoms with van der Waals surface area (Å²) in [5.41, 5.74) is 0.978. The van der Waals surface area contributed by atoms with E-state index in [9.17, 15) is 0 Å². The SMILES string of the molecule is COCCCNc1nc(C)cc(N2CCOCC2)n1. The van der Waals surface area contributed by atoms with Crippen LogP contribution in [0.5, 0.6) is 0 Å². The Morgan fingerprint density at radius 1 is 1.37 bits per heavy atom.